The molecular formula is C15H22ClN3OS. The fraction of sp³-hybridized carbons (Fsp3) is 0.667. The molecule has 2 aliphatic heterocycles. The number of piperazine rings is 1. The van der Waals surface area contributed by atoms with Crippen LogP contribution in [-0.4, -0.2) is 54.5 Å². The van der Waals surface area contributed by atoms with Crippen LogP contribution in [-0.2, 0) is 11.3 Å². The molecule has 4 nitrogen and oxygen atoms in total. The van der Waals surface area contributed by atoms with E-state index in [2.05, 4.69) is 23.2 Å². The molecule has 0 bridgehead atoms. The van der Waals surface area contributed by atoms with Crippen LogP contribution in [0.1, 0.15) is 18.2 Å². The lowest BCUT2D eigenvalue weighted by molar-refractivity contribution is -0.135. The minimum Gasteiger partial charge on any atom is -0.339 e. The quantitative estimate of drug-likeness (QED) is 0.923. The minimum atomic E-state index is 0.0349. The smallest absolute Gasteiger partial charge is 0.240 e. The molecule has 1 aromatic heterocycles. The Morgan fingerprint density at radius 1 is 1.38 bits per heavy atom. The lowest BCUT2D eigenvalue weighted by Crippen LogP contribution is -2.53. The van der Waals surface area contributed by atoms with E-state index in [9.17, 15) is 4.79 Å². The molecule has 0 aromatic carbocycles. The van der Waals surface area contributed by atoms with Crippen molar-refractivity contribution in [2.24, 2.45) is 5.92 Å². The van der Waals surface area contributed by atoms with Gasteiger partial charge in [-0.05, 0) is 31.0 Å². The fourth-order valence-electron chi connectivity index (χ4n) is 3.15. The van der Waals surface area contributed by atoms with Crippen LogP contribution in [0.3, 0.4) is 0 Å². The largest absolute Gasteiger partial charge is 0.339 e. The van der Waals surface area contributed by atoms with Gasteiger partial charge in [0.05, 0.1) is 10.4 Å². The highest BCUT2D eigenvalue weighted by molar-refractivity contribution is 7.16. The molecule has 2 aliphatic rings. The van der Waals surface area contributed by atoms with Gasteiger partial charge in [0.25, 0.3) is 0 Å². The van der Waals surface area contributed by atoms with Crippen molar-refractivity contribution in [3.63, 3.8) is 0 Å². The summed E-state index contributed by atoms with van der Waals surface area (Å²) in [5, 5.41) is 3.34. The van der Waals surface area contributed by atoms with E-state index in [1.807, 2.05) is 11.0 Å². The number of carbonyl (C=O) groups excluding carboxylic acids is 1. The van der Waals surface area contributed by atoms with E-state index >= 15 is 0 Å². The number of thiophene rings is 1. The van der Waals surface area contributed by atoms with E-state index in [0.29, 0.717) is 11.8 Å². The standard InChI is InChI=1S/C15H22ClN3OS/c1-11-4-5-17-14(11)15(20)19-8-6-18(7-9-19)10-12-2-3-13(16)21-12/h2-3,11,14,17H,4-10H2,1H3. The molecule has 0 aliphatic carbocycles. The molecule has 1 aromatic rings. The highest BCUT2D eigenvalue weighted by Crippen LogP contribution is 2.23. The average Bonchev–Trinajstić information content (AvgIpc) is 3.08. The maximum absolute atomic E-state index is 12.5. The number of nitrogens with one attached hydrogen (secondary N) is 1. The summed E-state index contributed by atoms with van der Waals surface area (Å²) in [6.07, 6.45) is 1.11. The Balaban J connectivity index is 1.49. The molecule has 2 fully saturated rings. The maximum Gasteiger partial charge on any atom is 0.240 e. The predicted octanol–water partition coefficient (Wildman–Crippen LogP) is 2.04. The molecule has 2 saturated heterocycles. The van der Waals surface area contributed by atoms with Crippen molar-refractivity contribution in [2.75, 3.05) is 32.7 Å². The van der Waals surface area contributed by atoms with Gasteiger partial charge in [0.15, 0.2) is 0 Å². The highest BCUT2D eigenvalue weighted by atomic mass is 35.5. The number of rotatable bonds is 3. The van der Waals surface area contributed by atoms with Gasteiger partial charge < -0.3 is 10.2 Å². The van der Waals surface area contributed by atoms with Crippen molar-refractivity contribution < 1.29 is 4.79 Å². The molecule has 2 unspecified atom stereocenters. The normalized spacial score (nSPS) is 27.2. The highest BCUT2D eigenvalue weighted by Gasteiger charge is 2.33. The number of amides is 1. The minimum absolute atomic E-state index is 0.0349. The first-order chi connectivity index (χ1) is 10.1. The molecule has 21 heavy (non-hydrogen) atoms. The summed E-state index contributed by atoms with van der Waals surface area (Å²) in [5.41, 5.74) is 0. The second-order valence-corrected chi connectivity index (χ2v) is 7.80. The first-order valence-corrected chi connectivity index (χ1v) is 8.81. The zero-order chi connectivity index (χ0) is 14.8. The second-order valence-electron chi connectivity index (χ2n) is 6.01. The predicted molar refractivity (Wildman–Crippen MR) is 86.8 cm³/mol. The third kappa shape index (κ3) is 3.59. The fourth-order valence-corrected chi connectivity index (χ4v) is 4.28. The van der Waals surface area contributed by atoms with Crippen LogP contribution in [0.2, 0.25) is 4.34 Å². The van der Waals surface area contributed by atoms with E-state index < -0.39 is 0 Å². The van der Waals surface area contributed by atoms with Gasteiger partial charge in [0, 0.05) is 37.6 Å². The van der Waals surface area contributed by atoms with Crippen molar-refractivity contribution in [3.05, 3.63) is 21.3 Å². The van der Waals surface area contributed by atoms with E-state index in [1.54, 1.807) is 11.3 Å². The Bertz CT molecular complexity index is 499. The lowest BCUT2D eigenvalue weighted by atomic mass is 10.0. The molecular weight excluding hydrogens is 306 g/mol. The number of hydrogen-bond donors (Lipinski definition) is 1. The molecule has 0 radical (unpaired) electrons. The number of carbonyl (C=O) groups is 1. The van der Waals surface area contributed by atoms with Gasteiger partial charge in [-0.3, -0.25) is 9.69 Å². The second kappa shape index (κ2) is 6.65. The molecule has 6 heteroatoms. The molecule has 3 rings (SSSR count). The van der Waals surface area contributed by atoms with E-state index in [0.717, 1.165) is 50.0 Å². The monoisotopic (exact) mass is 327 g/mol. The molecule has 0 spiro atoms. The molecule has 3 heterocycles. The summed E-state index contributed by atoms with van der Waals surface area (Å²) >= 11 is 7.61. The third-order valence-electron chi connectivity index (χ3n) is 4.49. The average molecular weight is 328 g/mol. The van der Waals surface area contributed by atoms with Gasteiger partial charge >= 0.3 is 0 Å². The summed E-state index contributed by atoms with van der Waals surface area (Å²) in [7, 11) is 0. The zero-order valence-corrected chi connectivity index (χ0v) is 13.9. The summed E-state index contributed by atoms with van der Waals surface area (Å²) < 4.78 is 0.847. The van der Waals surface area contributed by atoms with Crippen molar-refractivity contribution in [1.82, 2.24) is 15.1 Å². The Kier molecular flexibility index (Phi) is 4.84. The molecule has 1 N–H and O–H groups in total. The Hall–Kier alpha value is -0.620. The van der Waals surface area contributed by atoms with Crippen molar-refractivity contribution in [2.45, 2.75) is 25.9 Å². The van der Waals surface area contributed by atoms with Crippen LogP contribution in [0.15, 0.2) is 12.1 Å². The van der Waals surface area contributed by atoms with Crippen molar-refractivity contribution in [3.8, 4) is 0 Å². The van der Waals surface area contributed by atoms with Gasteiger partial charge in [-0.1, -0.05) is 18.5 Å². The number of hydrogen-bond acceptors (Lipinski definition) is 4. The summed E-state index contributed by atoms with van der Waals surface area (Å²) in [5.74, 6) is 0.752. The maximum atomic E-state index is 12.5. The van der Waals surface area contributed by atoms with Gasteiger partial charge in [-0.15, -0.1) is 11.3 Å². The Labute approximate surface area is 135 Å². The van der Waals surface area contributed by atoms with Crippen molar-refractivity contribution >= 4 is 28.8 Å². The van der Waals surface area contributed by atoms with Crippen LogP contribution >= 0.6 is 22.9 Å². The third-order valence-corrected chi connectivity index (χ3v) is 5.71. The SMILES string of the molecule is CC1CCNC1C(=O)N1CCN(Cc2ccc(Cl)s2)CC1. The van der Waals surface area contributed by atoms with Gasteiger partial charge in [-0.25, -0.2) is 0 Å². The van der Waals surface area contributed by atoms with E-state index in [4.69, 9.17) is 11.6 Å². The molecule has 2 atom stereocenters. The molecule has 116 valence electrons. The van der Waals surface area contributed by atoms with Crippen LogP contribution in [0.5, 0.6) is 0 Å². The van der Waals surface area contributed by atoms with Gasteiger partial charge in [-0.2, -0.15) is 0 Å². The zero-order valence-electron chi connectivity index (χ0n) is 12.3. The van der Waals surface area contributed by atoms with Crippen LogP contribution < -0.4 is 5.32 Å². The van der Waals surface area contributed by atoms with Crippen molar-refractivity contribution in [1.29, 1.82) is 0 Å². The molecule has 1 amide bonds. The van der Waals surface area contributed by atoms with Gasteiger partial charge in [0.2, 0.25) is 5.91 Å². The lowest BCUT2D eigenvalue weighted by Gasteiger charge is -2.36. The van der Waals surface area contributed by atoms with E-state index in [1.165, 1.54) is 4.88 Å². The topological polar surface area (TPSA) is 35.6 Å². The number of halogens is 1. The first-order valence-electron chi connectivity index (χ1n) is 7.62. The Morgan fingerprint density at radius 3 is 2.71 bits per heavy atom. The summed E-state index contributed by atoms with van der Waals surface area (Å²) in [6, 6.07) is 4.08. The molecule has 0 saturated carbocycles. The van der Waals surface area contributed by atoms with Crippen LogP contribution in [0.25, 0.3) is 0 Å². The Morgan fingerprint density at radius 2 is 2.14 bits per heavy atom. The number of nitrogens with zero attached hydrogens (tertiary/aromatic N) is 2. The van der Waals surface area contributed by atoms with Crippen LogP contribution in [0.4, 0.5) is 0 Å². The van der Waals surface area contributed by atoms with Gasteiger partial charge in [0.1, 0.15) is 0 Å². The van der Waals surface area contributed by atoms with Crippen LogP contribution in [0, 0.1) is 5.92 Å². The summed E-state index contributed by atoms with van der Waals surface area (Å²) in [4.78, 5) is 18.2. The van der Waals surface area contributed by atoms with E-state index in [-0.39, 0.29) is 6.04 Å². The first kappa shape index (κ1) is 15.3. The summed E-state index contributed by atoms with van der Waals surface area (Å²) in [6.45, 7) is 7.64.